The van der Waals surface area contributed by atoms with Gasteiger partial charge in [0.05, 0.1) is 6.61 Å². The predicted molar refractivity (Wildman–Crippen MR) is 75.7 cm³/mol. The number of hydrogen-bond acceptors (Lipinski definition) is 3. The average molecular weight is 248 g/mol. The molecular formula is C15H24N2O. The molecule has 1 unspecified atom stereocenters. The number of benzene rings is 1. The SMILES string of the molecule is CCN1CCCC(Nc2ccccc2CO)CC1. The van der Waals surface area contributed by atoms with Gasteiger partial charge in [0, 0.05) is 23.8 Å². The van der Waals surface area contributed by atoms with Crippen molar-refractivity contribution in [3.63, 3.8) is 0 Å². The third kappa shape index (κ3) is 3.47. The second kappa shape index (κ2) is 6.76. The van der Waals surface area contributed by atoms with E-state index in [0.717, 1.165) is 17.8 Å². The van der Waals surface area contributed by atoms with Crippen molar-refractivity contribution in [1.29, 1.82) is 0 Å². The number of nitrogens with zero attached hydrogens (tertiary/aromatic N) is 1. The lowest BCUT2D eigenvalue weighted by atomic mass is 10.1. The molecule has 0 saturated carbocycles. The van der Waals surface area contributed by atoms with E-state index in [9.17, 15) is 5.11 Å². The second-order valence-corrected chi connectivity index (χ2v) is 5.02. The molecule has 0 amide bonds. The van der Waals surface area contributed by atoms with Crippen LogP contribution in [0.3, 0.4) is 0 Å². The molecule has 1 saturated heterocycles. The summed E-state index contributed by atoms with van der Waals surface area (Å²) in [6.07, 6.45) is 3.66. The largest absolute Gasteiger partial charge is 0.392 e. The Kier molecular flexibility index (Phi) is 5.02. The fourth-order valence-corrected chi connectivity index (χ4v) is 2.64. The summed E-state index contributed by atoms with van der Waals surface area (Å²) < 4.78 is 0. The van der Waals surface area contributed by atoms with Crippen molar-refractivity contribution in [3.8, 4) is 0 Å². The van der Waals surface area contributed by atoms with Crippen molar-refractivity contribution >= 4 is 5.69 Å². The lowest BCUT2D eigenvalue weighted by Gasteiger charge is -2.20. The van der Waals surface area contributed by atoms with Gasteiger partial charge in [0.25, 0.3) is 0 Å². The van der Waals surface area contributed by atoms with Crippen LogP contribution in [0.4, 0.5) is 5.69 Å². The number of anilines is 1. The minimum absolute atomic E-state index is 0.108. The first-order valence-electron chi connectivity index (χ1n) is 7.01. The van der Waals surface area contributed by atoms with Gasteiger partial charge in [-0.1, -0.05) is 25.1 Å². The van der Waals surface area contributed by atoms with Crippen LogP contribution >= 0.6 is 0 Å². The quantitative estimate of drug-likeness (QED) is 0.859. The number of aliphatic hydroxyl groups excluding tert-OH is 1. The average Bonchev–Trinajstić information content (AvgIpc) is 2.64. The zero-order chi connectivity index (χ0) is 12.8. The predicted octanol–water partition coefficient (Wildman–Crippen LogP) is 2.47. The molecular weight excluding hydrogens is 224 g/mol. The number of aliphatic hydroxyl groups is 1. The van der Waals surface area contributed by atoms with E-state index in [1.165, 1.54) is 32.4 Å². The van der Waals surface area contributed by atoms with E-state index in [0.29, 0.717) is 6.04 Å². The summed E-state index contributed by atoms with van der Waals surface area (Å²) in [7, 11) is 0. The molecule has 1 aromatic carbocycles. The van der Waals surface area contributed by atoms with Crippen LogP contribution in [0.25, 0.3) is 0 Å². The molecule has 1 aliphatic rings. The molecule has 0 radical (unpaired) electrons. The molecule has 0 bridgehead atoms. The fourth-order valence-electron chi connectivity index (χ4n) is 2.64. The Morgan fingerprint density at radius 3 is 2.89 bits per heavy atom. The molecule has 0 aliphatic carbocycles. The maximum absolute atomic E-state index is 9.34. The van der Waals surface area contributed by atoms with Crippen LogP contribution in [0.5, 0.6) is 0 Å². The van der Waals surface area contributed by atoms with E-state index in [1.54, 1.807) is 0 Å². The van der Waals surface area contributed by atoms with Gasteiger partial charge in [0.15, 0.2) is 0 Å². The van der Waals surface area contributed by atoms with Gasteiger partial charge >= 0.3 is 0 Å². The summed E-state index contributed by atoms with van der Waals surface area (Å²) in [5, 5.41) is 12.9. The van der Waals surface area contributed by atoms with Gasteiger partial charge in [-0.2, -0.15) is 0 Å². The summed E-state index contributed by atoms with van der Waals surface area (Å²) >= 11 is 0. The van der Waals surface area contributed by atoms with Gasteiger partial charge < -0.3 is 15.3 Å². The first-order valence-corrected chi connectivity index (χ1v) is 7.01. The minimum Gasteiger partial charge on any atom is -0.392 e. The molecule has 1 atom stereocenters. The smallest absolute Gasteiger partial charge is 0.0701 e. The molecule has 0 aromatic heterocycles. The van der Waals surface area contributed by atoms with Crippen molar-refractivity contribution in [2.24, 2.45) is 0 Å². The topological polar surface area (TPSA) is 35.5 Å². The van der Waals surface area contributed by atoms with Gasteiger partial charge in [-0.3, -0.25) is 0 Å². The number of hydrogen-bond donors (Lipinski definition) is 2. The van der Waals surface area contributed by atoms with Gasteiger partial charge in [0.1, 0.15) is 0 Å². The molecule has 1 aromatic rings. The van der Waals surface area contributed by atoms with Crippen LogP contribution in [-0.2, 0) is 6.61 Å². The number of nitrogens with one attached hydrogen (secondary N) is 1. The molecule has 1 fully saturated rings. The summed E-state index contributed by atoms with van der Waals surface area (Å²) in [6, 6.07) is 8.58. The van der Waals surface area contributed by atoms with Crippen molar-refractivity contribution in [2.45, 2.75) is 38.8 Å². The van der Waals surface area contributed by atoms with Gasteiger partial charge in [-0.15, -0.1) is 0 Å². The van der Waals surface area contributed by atoms with E-state index < -0.39 is 0 Å². The normalized spacial score (nSPS) is 21.6. The lowest BCUT2D eigenvalue weighted by molar-refractivity contribution is 0.282. The standard InChI is InChI=1S/C15H24N2O/c1-2-17-10-5-7-14(9-11-17)16-15-8-4-3-6-13(15)12-18/h3-4,6,8,14,16,18H,2,5,7,9-12H2,1H3. The van der Waals surface area contributed by atoms with Gasteiger partial charge in [-0.25, -0.2) is 0 Å². The molecule has 3 heteroatoms. The molecule has 1 aliphatic heterocycles. The molecule has 2 rings (SSSR count). The van der Waals surface area contributed by atoms with Crippen molar-refractivity contribution in [1.82, 2.24) is 4.90 Å². The van der Waals surface area contributed by atoms with Crippen LogP contribution < -0.4 is 5.32 Å². The summed E-state index contributed by atoms with van der Waals surface area (Å²) in [5.74, 6) is 0. The maximum Gasteiger partial charge on any atom is 0.0701 e. The summed E-state index contributed by atoms with van der Waals surface area (Å²) in [6.45, 7) is 5.89. The Balaban J connectivity index is 1.96. The van der Waals surface area contributed by atoms with Crippen molar-refractivity contribution in [3.05, 3.63) is 29.8 Å². The Bertz CT molecular complexity index is 367. The minimum atomic E-state index is 0.108. The number of para-hydroxylation sites is 1. The molecule has 100 valence electrons. The van der Waals surface area contributed by atoms with Crippen LogP contribution in [0.2, 0.25) is 0 Å². The second-order valence-electron chi connectivity index (χ2n) is 5.02. The zero-order valence-electron chi connectivity index (χ0n) is 11.2. The third-order valence-corrected chi connectivity index (χ3v) is 3.82. The Labute approximate surface area is 110 Å². The van der Waals surface area contributed by atoms with E-state index in [-0.39, 0.29) is 6.61 Å². The van der Waals surface area contributed by atoms with Crippen LogP contribution in [0, 0.1) is 0 Å². The first kappa shape index (κ1) is 13.4. The molecule has 3 nitrogen and oxygen atoms in total. The van der Waals surface area contributed by atoms with E-state index in [4.69, 9.17) is 0 Å². The Morgan fingerprint density at radius 2 is 2.11 bits per heavy atom. The van der Waals surface area contributed by atoms with E-state index in [1.807, 2.05) is 18.2 Å². The van der Waals surface area contributed by atoms with Gasteiger partial charge in [0.2, 0.25) is 0 Å². The first-order chi connectivity index (χ1) is 8.83. The molecule has 2 N–H and O–H groups in total. The van der Waals surface area contributed by atoms with Crippen molar-refractivity contribution in [2.75, 3.05) is 25.0 Å². The molecule has 0 spiro atoms. The van der Waals surface area contributed by atoms with Crippen molar-refractivity contribution < 1.29 is 5.11 Å². The van der Waals surface area contributed by atoms with Crippen LogP contribution in [0.15, 0.2) is 24.3 Å². The van der Waals surface area contributed by atoms with Gasteiger partial charge in [-0.05, 0) is 38.4 Å². The highest BCUT2D eigenvalue weighted by Gasteiger charge is 2.16. The highest BCUT2D eigenvalue weighted by Crippen LogP contribution is 2.20. The fraction of sp³-hybridized carbons (Fsp3) is 0.600. The number of likely N-dealkylation sites (tertiary alicyclic amines) is 1. The summed E-state index contributed by atoms with van der Waals surface area (Å²) in [5.41, 5.74) is 2.09. The van der Waals surface area contributed by atoms with Crippen LogP contribution in [-0.4, -0.2) is 35.7 Å². The molecule has 18 heavy (non-hydrogen) atoms. The monoisotopic (exact) mass is 248 g/mol. The summed E-state index contributed by atoms with van der Waals surface area (Å²) in [4.78, 5) is 2.51. The van der Waals surface area contributed by atoms with Crippen LogP contribution in [0.1, 0.15) is 31.7 Å². The van der Waals surface area contributed by atoms with E-state index >= 15 is 0 Å². The van der Waals surface area contributed by atoms with E-state index in [2.05, 4.69) is 23.2 Å². The highest BCUT2D eigenvalue weighted by molar-refractivity contribution is 5.51. The maximum atomic E-state index is 9.34. The third-order valence-electron chi connectivity index (χ3n) is 3.82. The zero-order valence-corrected chi connectivity index (χ0v) is 11.2. The Morgan fingerprint density at radius 1 is 1.28 bits per heavy atom. The Hall–Kier alpha value is -1.06. The highest BCUT2D eigenvalue weighted by atomic mass is 16.3. The molecule has 1 heterocycles. The number of rotatable bonds is 4. The lowest BCUT2D eigenvalue weighted by Crippen LogP contribution is -2.26.